The largest absolute Gasteiger partial charge is 0.460 e. The number of hydrogen-bond donors (Lipinski definition) is 0. The molecule has 0 heterocycles. The molecule has 0 aliphatic heterocycles. The van der Waals surface area contributed by atoms with Gasteiger partial charge in [-0.15, -0.1) is 0 Å². The number of esters is 1. The molecule has 0 aromatic heterocycles. The van der Waals surface area contributed by atoms with Crippen molar-refractivity contribution in [2.24, 2.45) is 0 Å². The lowest BCUT2D eigenvalue weighted by Gasteiger charge is -2.00. The highest BCUT2D eigenvalue weighted by molar-refractivity contribution is 6.41. The molecule has 0 aliphatic rings. The summed E-state index contributed by atoms with van der Waals surface area (Å²) in [6.45, 7) is 12.7. The van der Waals surface area contributed by atoms with Gasteiger partial charge in [0.1, 0.15) is 0 Å². The first-order chi connectivity index (χ1) is 8.17. The third kappa shape index (κ3) is 7.96. The van der Waals surface area contributed by atoms with Crippen LogP contribution in [0.3, 0.4) is 0 Å². The maximum Gasteiger partial charge on any atom is 0.379 e. The molecule has 0 aromatic rings. The van der Waals surface area contributed by atoms with Crippen LogP contribution in [-0.2, 0) is 14.3 Å². The Labute approximate surface area is 103 Å². The van der Waals surface area contributed by atoms with Crippen molar-refractivity contribution in [3.8, 4) is 0 Å². The van der Waals surface area contributed by atoms with Gasteiger partial charge in [-0.05, 0) is 6.92 Å². The van der Waals surface area contributed by atoms with E-state index in [-0.39, 0.29) is 12.2 Å². The van der Waals surface area contributed by atoms with Crippen molar-refractivity contribution in [2.75, 3.05) is 6.61 Å². The Morgan fingerprint density at radius 2 is 1.76 bits per heavy atom. The summed E-state index contributed by atoms with van der Waals surface area (Å²) in [5, 5.41) is 0. The van der Waals surface area contributed by atoms with Crippen LogP contribution in [0.4, 0.5) is 0 Å². The van der Waals surface area contributed by atoms with E-state index >= 15 is 0 Å². The van der Waals surface area contributed by atoms with Gasteiger partial charge < -0.3 is 4.74 Å². The van der Waals surface area contributed by atoms with Crippen LogP contribution >= 0.6 is 0 Å². The molecule has 0 spiro atoms. The standard InChI is InChI=1S/C12H14O3.C2H6/c1-4-7-9-10(8-5-2)11(13)12(14)15-6-3;1-2/h4-5,7-9H,1-2,6H2,3H3;1-2H3/b9-7-,10-8+;. The Kier molecular flexibility index (Phi) is 12.5. The second kappa shape index (κ2) is 12.2. The van der Waals surface area contributed by atoms with Crippen molar-refractivity contribution in [3.63, 3.8) is 0 Å². The van der Waals surface area contributed by atoms with E-state index in [4.69, 9.17) is 0 Å². The van der Waals surface area contributed by atoms with Gasteiger partial charge in [-0.3, -0.25) is 4.79 Å². The molecule has 0 saturated carbocycles. The molecule has 0 atom stereocenters. The van der Waals surface area contributed by atoms with E-state index in [0.29, 0.717) is 0 Å². The normalized spacial score (nSPS) is 10.2. The van der Waals surface area contributed by atoms with Crippen LogP contribution in [0.25, 0.3) is 0 Å². The van der Waals surface area contributed by atoms with Gasteiger partial charge in [0.05, 0.1) is 6.61 Å². The zero-order chi connectivity index (χ0) is 13.7. The molecule has 0 aliphatic carbocycles. The Morgan fingerprint density at radius 3 is 2.18 bits per heavy atom. The maximum atomic E-state index is 11.5. The molecule has 3 nitrogen and oxygen atoms in total. The van der Waals surface area contributed by atoms with Crippen LogP contribution < -0.4 is 0 Å². The van der Waals surface area contributed by atoms with Gasteiger partial charge in [-0.25, -0.2) is 4.79 Å². The lowest BCUT2D eigenvalue weighted by atomic mass is 10.1. The number of allylic oxidation sites excluding steroid dienone is 5. The lowest BCUT2D eigenvalue weighted by molar-refractivity contribution is -0.151. The van der Waals surface area contributed by atoms with Gasteiger partial charge in [0, 0.05) is 5.57 Å². The lowest BCUT2D eigenvalue weighted by Crippen LogP contribution is -2.18. The molecule has 17 heavy (non-hydrogen) atoms. The summed E-state index contributed by atoms with van der Waals surface area (Å²) in [6, 6.07) is 0. The predicted molar refractivity (Wildman–Crippen MR) is 70.6 cm³/mol. The molecular formula is C14H20O3. The Morgan fingerprint density at radius 1 is 1.18 bits per heavy atom. The average Bonchev–Trinajstić information content (AvgIpc) is 2.36. The summed E-state index contributed by atoms with van der Waals surface area (Å²) < 4.78 is 4.59. The Balaban J connectivity index is 0. The molecule has 94 valence electrons. The van der Waals surface area contributed by atoms with Crippen LogP contribution in [0.15, 0.2) is 49.1 Å². The summed E-state index contributed by atoms with van der Waals surface area (Å²) >= 11 is 0. The first-order valence-corrected chi connectivity index (χ1v) is 5.50. The van der Waals surface area contributed by atoms with Gasteiger partial charge >= 0.3 is 5.97 Å². The SMILES string of the molecule is C=C/C=C\C(=C/C=C)C(=O)C(=O)OCC.CC. The number of rotatable bonds is 6. The van der Waals surface area contributed by atoms with E-state index in [2.05, 4.69) is 17.9 Å². The van der Waals surface area contributed by atoms with E-state index in [1.54, 1.807) is 13.0 Å². The van der Waals surface area contributed by atoms with Crippen LogP contribution in [0.2, 0.25) is 0 Å². The van der Waals surface area contributed by atoms with Gasteiger partial charge in [0.2, 0.25) is 0 Å². The van der Waals surface area contributed by atoms with Crippen molar-refractivity contribution in [2.45, 2.75) is 20.8 Å². The Bertz CT molecular complexity index is 322. The molecule has 0 N–H and O–H groups in total. The monoisotopic (exact) mass is 236 g/mol. The minimum Gasteiger partial charge on any atom is -0.460 e. The van der Waals surface area contributed by atoms with E-state index in [9.17, 15) is 9.59 Å². The number of ketones is 1. The summed E-state index contributed by atoms with van der Waals surface area (Å²) in [5.74, 6) is -1.55. The van der Waals surface area contributed by atoms with Gasteiger partial charge in [0.15, 0.2) is 0 Å². The highest BCUT2D eigenvalue weighted by Crippen LogP contribution is 2.02. The van der Waals surface area contributed by atoms with Crippen LogP contribution in [-0.4, -0.2) is 18.4 Å². The quantitative estimate of drug-likeness (QED) is 0.308. The van der Waals surface area contributed by atoms with Crippen molar-refractivity contribution in [1.82, 2.24) is 0 Å². The van der Waals surface area contributed by atoms with Crippen LogP contribution in [0, 0.1) is 0 Å². The van der Waals surface area contributed by atoms with Crippen molar-refractivity contribution in [1.29, 1.82) is 0 Å². The minimum atomic E-state index is -0.862. The fourth-order valence-electron chi connectivity index (χ4n) is 0.820. The minimum absolute atomic E-state index is 0.178. The summed E-state index contributed by atoms with van der Waals surface area (Å²) in [6.07, 6.45) is 7.43. The van der Waals surface area contributed by atoms with E-state index in [0.717, 1.165) is 0 Å². The zero-order valence-electron chi connectivity index (χ0n) is 10.7. The van der Waals surface area contributed by atoms with Crippen LogP contribution in [0.1, 0.15) is 20.8 Å². The summed E-state index contributed by atoms with van der Waals surface area (Å²) in [7, 11) is 0. The molecule has 0 aromatic carbocycles. The molecule has 0 fully saturated rings. The van der Waals surface area contributed by atoms with Crippen LogP contribution in [0.5, 0.6) is 0 Å². The first-order valence-electron chi connectivity index (χ1n) is 5.50. The third-order valence-electron chi connectivity index (χ3n) is 1.43. The molecule has 3 heteroatoms. The van der Waals surface area contributed by atoms with E-state index < -0.39 is 11.8 Å². The van der Waals surface area contributed by atoms with Crippen molar-refractivity contribution >= 4 is 11.8 Å². The summed E-state index contributed by atoms with van der Waals surface area (Å²) in [4.78, 5) is 22.6. The zero-order valence-corrected chi connectivity index (χ0v) is 10.7. The molecule has 0 saturated heterocycles. The van der Waals surface area contributed by atoms with Gasteiger partial charge in [-0.1, -0.05) is 57.4 Å². The fourth-order valence-corrected chi connectivity index (χ4v) is 0.820. The fraction of sp³-hybridized carbons (Fsp3) is 0.286. The number of carbonyl (C=O) groups is 2. The molecular weight excluding hydrogens is 216 g/mol. The number of hydrogen-bond acceptors (Lipinski definition) is 3. The second-order valence-corrected chi connectivity index (χ2v) is 2.50. The third-order valence-corrected chi connectivity index (χ3v) is 1.43. The molecule has 0 unspecified atom stereocenters. The summed E-state index contributed by atoms with van der Waals surface area (Å²) in [5.41, 5.74) is 0.225. The smallest absolute Gasteiger partial charge is 0.379 e. The topological polar surface area (TPSA) is 43.4 Å². The number of ether oxygens (including phenoxy) is 1. The second-order valence-electron chi connectivity index (χ2n) is 2.50. The Hall–Kier alpha value is -1.90. The molecule has 0 radical (unpaired) electrons. The predicted octanol–water partition coefficient (Wildman–Crippen LogP) is 3.00. The average molecular weight is 236 g/mol. The number of Topliss-reactive ketones (excluding diaryl/α,β-unsaturated/α-hetero) is 1. The highest BCUT2D eigenvalue weighted by Gasteiger charge is 2.17. The maximum absolute atomic E-state index is 11.5. The number of carbonyl (C=O) groups excluding carboxylic acids is 2. The van der Waals surface area contributed by atoms with E-state index in [1.165, 1.54) is 24.3 Å². The van der Waals surface area contributed by atoms with Gasteiger partial charge in [0.25, 0.3) is 5.78 Å². The molecule has 0 rings (SSSR count). The van der Waals surface area contributed by atoms with Crippen molar-refractivity contribution in [3.05, 3.63) is 49.1 Å². The van der Waals surface area contributed by atoms with Crippen molar-refractivity contribution < 1.29 is 14.3 Å². The van der Waals surface area contributed by atoms with Gasteiger partial charge in [-0.2, -0.15) is 0 Å². The first kappa shape index (κ1) is 17.5. The molecule has 0 bridgehead atoms. The molecule has 0 amide bonds. The highest BCUT2D eigenvalue weighted by atomic mass is 16.5. The van der Waals surface area contributed by atoms with E-state index in [1.807, 2.05) is 13.8 Å².